The third-order valence-electron chi connectivity index (χ3n) is 2.91. The molecule has 19 heavy (non-hydrogen) atoms. The maximum absolute atomic E-state index is 6.13. The summed E-state index contributed by atoms with van der Waals surface area (Å²) in [7, 11) is 0. The fraction of sp³-hybridized carbons (Fsp3) is 0.308. The molecule has 0 aliphatic carbocycles. The van der Waals surface area contributed by atoms with E-state index in [0.29, 0.717) is 10.9 Å². The summed E-state index contributed by atoms with van der Waals surface area (Å²) in [6, 6.07) is 3.79. The lowest BCUT2D eigenvalue weighted by molar-refractivity contribution is -0.595. The van der Waals surface area contributed by atoms with E-state index in [1.54, 1.807) is 12.5 Å². The van der Waals surface area contributed by atoms with E-state index in [2.05, 4.69) is 29.1 Å². The molecular weight excluding hydrogens is 262 g/mol. The molecule has 0 saturated carbocycles. The number of aromatic amines is 1. The highest BCUT2D eigenvalue weighted by atomic mass is 35.5. The lowest BCUT2D eigenvalue weighted by Gasteiger charge is -2.00. The van der Waals surface area contributed by atoms with Crippen LogP contribution < -0.4 is 4.57 Å². The van der Waals surface area contributed by atoms with Gasteiger partial charge in [0.2, 0.25) is 6.33 Å². The van der Waals surface area contributed by atoms with Gasteiger partial charge in [-0.3, -0.25) is 5.10 Å². The molecule has 2 heterocycles. The Hall–Kier alpha value is -1.88. The molecule has 0 bridgehead atoms. The third kappa shape index (κ3) is 2.33. The molecule has 0 radical (unpaired) electrons. The minimum Gasteiger partial charge on any atom is -0.278 e. The molecule has 3 aromatic rings. The quantitative estimate of drug-likeness (QED) is 0.747. The van der Waals surface area contributed by atoms with E-state index in [1.807, 2.05) is 27.7 Å². The predicted octanol–water partition coefficient (Wildman–Crippen LogP) is 2.35. The molecule has 0 saturated heterocycles. The average molecular weight is 277 g/mol. The van der Waals surface area contributed by atoms with E-state index >= 15 is 0 Å². The van der Waals surface area contributed by atoms with Crippen molar-refractivity contribution in [3.63, 3.8) is 0 Å². The van der Waals surface area contributed by atoms with Crippen molar-refractivity contribution in [1.29, 1.82) is 0 Å². The van der Waals surface area contributed by atoms with E-state index in [0.717, 1.165) is 23.1 Å². The minimum atomic E-state index is 0.557. The normalized spacial score (nSPS) is 11.6. The van der Waals surface area contributed by atoms with Crippen LogP contribution in [0.25, 0.3) is 16.6 Å². The van der Waals surface area contributed by atoms with Crippen LogP contribution in [-0.4, -0.2) is 20.0 Å². The lowest BCUT2D eigenvalue weighted by atomic mass is 10.2. The third-order valence-corrected chi connectivity index (χ3v) is 3.13. The van der Waals surface area contributed by atoms with Crippen LogP contribution in [0, 0.1) is 5.92 Å². The number of fused-ring (bicyclic) bond motifs is 1. The molecule has 5 nitrogen and oxygen atoms in total. The van der Waals surface area contributed by atoms with Crippen LogP contribution >= 0.6 is 11.6 Å². The Balaban J connectivity index is 2.08. The van der Waals surface area contributed by atoms with Gasteiger partial charge in [0.1, 0.15) is 12.2 Å². The number of hydrogen-bond donors (Lipinski definition) is 1. The Morgan fingerprint density at radius 3 is 3.05 bits per heavy atom. The number of halogens is 1. The Morgan fingerprint density at radius 1 is 1.42 bits per heavy atom. The summed E-state index contributed by atoms with van der Waals surface area (Å²) in [6.45, 7) is 5.22. The molecule has 0 unspecified atom stereocenters. The predicted molar refractivity (Wildman–Crippen MR) is 73.3 cm³/mol. The van der Waals surface area contributed by atoms with Crippen LogP contribution in [0.5, 0.6) is 0 Å². The smallest absolute Gasteiger partial charge is 0.270 e. The van der Waals surface area contributed by atoms with E-state index in [1.165, 1.54) is 0 Å². The van der Waals surface area contributed by atoms with Gasteiger partial charge in [-0.1, -0.05) is 25.4 Å². The molecule has 1 N–H and O–H groups in total. The summed E-state index contributed by atoms with van der Waals surface area (Å²) < 4.78 is 3.89. The molecule has 0 aliphatic heterocycles. The lowest BCUT2D eigenvalue weighted by Crippen LogP contribution is -2.28. The first-order chi connectivity index (χ1) is 9.13. The summed E-state index contributed by atoms with van der Waals surface area (Å²) >= 11 is 6.13. The van der Waals surface area contributed by atoms with E-state index < -0.39 is 0 Å². The summed E-state index contributed by atoms with van der Waals surface area (Å²) in [5, 5.41) is 13.1. The zero-order chi connectivity index (χ0) is 13.4. The highest BCUT2D eigenvalue weighted by Gasteiger charge is 2.14. The van der Waals surface area contributed by atoms with Gasteiger partial charge in [0.25, 0.3) is 6.33 Å². The van der Waals surface area contributed by atoms with Gasteiger partial charge in [0, 0.05) is 10.1 Å². The van der Waals surface area contributed by atoms with Crippen LogP contribution in [0.15, 0.2) is 31.0 Å². The largest absolute Gasteiger partial charge is 0.278 e. The summed E-state index contributed by atoms with van der Waals surface area (Å²) in [5.41, 5.74) is 1.90. The summed E-state index contributed by atoms with van der Waals surface area (Å²) in [5.74, 6) is 0.557. The number of benzene rings is 1. The first-order valence-electron chi connectivity index (χ1n) is 6.20. The van der Waals surface area contributed by atoms with Crippen molar-refractivity contribution in [1.82, 2.24) is 20.0 Å². The maximum atomic E-state index is 6.13. The molecule has 0 atom stereocenters. The minimum absolute atomic E-state index is 0.557. The van der Waals surface area contributed by atoms with Crippen LogP contribution in [0.2, 0.25) is 5.02 Å². The first kappa shape index (κ1) is 12.2. The van der Waals surface area contributed by atoms with Crippen LogP contribution in [0.3, 0.4) is 0 Å². The monoisotopic (exact) mass is 276 g/mol. The maximum Gasteiger partial charge on any atom is 0.270 e. The van der Waals surface area contributed by atoms with E-state index in [9.17, 15) is 0 Å². The molecule has 0 spiro atoms. The van der Waals surface area contributed by atoms with Gasteiger partial charge in [0.05, 0.1) is 17.1 Å². The second kappa shape index (κ2) is 4.66. The van der Waals surface area contributed by atoms with Crippen molar-refractivity contribution in [2.45, 2.75) is 20.4 Å². The number of hydrogen-bond acceptors (Lipinski definition) is 2. The number of nitrogens with one attached hydrogen (secondary N) is 1. The zero-order valence-electron chi connectivity index (χ0n) is 10.8. The standard InChI is InChI=1S/C13H15ClN5/c1-9(2)6-19-8-18(7-16-19)13-4-10(14)3-12-11(13)5-15-17-12/h3-5,7-9H,6H2,1-2H3,(H,15,17)/q+1. The van der Waals surface area contributed by atoms with Crippen LogP contribution in [-0.2, 0) is 6.54 Å². The topological polar surface area (TPSA) is 50.4 Å². The number of H-pyrrole nitrogens is 1. The Labute approximate surface area is 115 Å². The van der Waals surface area contributed by atoms with Gasteiger partial charge in [-0.2, -0.15) is 5.10 Å². The summed E-state index contributed by atoms with van der Waals surface area (Å²) in [4.78, 5) is 0. The second-order valence-corrected chi connectivity index (χ2v) is 5.46. The van der Waals surface area contributed by atoms with Crippen molar-refractivity contribution in [3.05, 3.63) is 36.0 Å². The SMILES string of the molecule is CC(C)Cn1c[n+](-c2cc(Cl)cc3[nH]ncc23)cn1. The van der Waals surface area contributed by atoms with Crippen molar-refractivity contribution < 1.29 is 4.57 Å². The molecule has 0 amide bonds. The second-order valence-electron chi connectivity index (χ2n) is 5.03. The van der Waals surface area contributed by atoms with Crippen LogP contribution in [0.4, 0.5) is 0 Å². The number of rotatable bonds is 3. The average Bonchev–Trinajstić information content (AvgIpc) is 2.95. The molecule has 0 aliphatic rings. The van der Waals surface area contributed by atoms with Crippen molar-refractivity contribution in [3.8, 4) is 5.69 Å². The molecule has 2 aromatic heterocycles. The number of nitrogens with zero attached hydrogens (tertiary/aromatic N) is 4. The fourth-order valence-electron chi connectivity index (χ4n) is 2.13. The highest BCUT2D eigenvalue weighted by molar-refractivity contribution is 6.31. The molecule has 98 valence electrons. The number of aromatic nitrogens is 5. The first-order valence-corrected chi connectivity index (χ1v) is 6.58. The van der Waals surface area contributed by atoms with E-state index in [-0.39, 0.29) is 0 Å². The Bertz CT molecular complexity index is 713. The van der Waals surface area contributed by atoms with Crippen molar-refractivity contribution in [2.75, 3.05) is 0 Å². The van der Waals surface area contributed by atoms with Gasteiger partial charge in [0.15, 0.2) is 0 Å². The van der Waals surface area contributed by atoms with Crippen molar-refractivity contribution >= 4 is 22.5 Å². The van der Waals surface area contributed by atoms with Gasteiger partial charge in [-0.05, 0) is 18.1 Å². The molecule has 6 heteroatoms. The zero-order valence-corrected chi connectivity index (χ0v) is 11.6. The molecule has 3 rings (SSSR count). The molecule has 0 fully saturated rings. The van der Waals surface area contributed by atoms with E-state index in [4.69, 9.17) is 11.6 Å². The van der Waals surface area contributed by atoms with Crippen molar-refractivity contribution in [2.24, 2.45) is 5.92 Å². The fourth-order valence-corrected chi connectivity index (χ4v) is 2.34. The van der Waals surface area contributed by atoms with Gasteiger partial charge in [-0.25, -0.2) is 4.57 Å². The Morgan fingerprint density at radius 2 is 2.26 bits per heavy atom. The highest BCUT2D eigenvalue weighted by Crippen LogP contribution is 2.22. The molecular formula is C13H15ClN5+. The van der Waals surface area contributed by atoms with Gasteiger partial charge >= 0.3 is 0 Å². The summed E-state index contributed by atoms with van der Waals surface area (Å²) in [6.07, 6.45) is 5.56. The van der Waals surface area contributed by atoms with Gasteiger partial charge in [-0.15, -0.1) is 4.68 Å². The molecule has 1 aromatic carbocycles. The Kier molecular flexibility index (Phi) is 2.98. The van der Waals surface area contributed by atoms with Crippen LogP contribution in [0.1, 0.15) is 13.8 Å². The van der Waals surface area contributed by atoms with Gasteiger partial charge < -0.3 is 0 Å².